The number of aromatic nitrogens is 1. The molecule has 3 heterocycles. The Morgan fingerprint density at radius 2 is 1.93 bits per heavy atom. The lowest BCUT2D eigenvalue weighted by molar-refractivity contribution is 0.0933. The van der Waals surface area contributed by atoms with E-state index in [1.165, 1.54) is 0 Å². The van der Waals surface area contributed by atoms with E-state index in [1.54, 1.807) is 30.6 Å². The minimum absolute atomic E-state index is 0.165. The molecule has 29 heavy (non-hydrogen) atoms. The van der Waals surface area contributed by atoms with Crippen molar-refractivity contribution in [3.8, 4) is 28.4 Å². The van der Waals surface area contributed by atoms with Crippen molar-refractivity contribution >= 4 is 17.5 Å². The molecule has 1 N–H and O–H groups in total. The summed E-state index contributed by atoms with van der Waals surface area (Å²) in [7, 11) is 0. The zero-order valence-electron chi connectivity index (χ0n) is 15.4. The maximum atomic E-state index is 12.5. The van der Waals surface area contributed by atoms with Crippen molar-refractivity contribution in [1.82, 2.24) is 10.3 Å². The Hall–Kier alpha value is -3.25. The van der Waals surface area contributed by atoms with E-state index < -0.39 is 0 Å². The molecule has 0 fully saturated rings. The van der Waals surface area contributed by atoms with Crippen LogP contribution in [0.1, 0.15) is 15.9 Å². The number of pyridine rings is 1. The summed E-state index contributed by atoms with van der Waals surface area (Å²) in [6.07, 6.45) is 3.98. The molecule has 3 aromatic rings. The summed E-state index contributed by atoms with van der Waals surface area (Å²) in [6, 6.07) is 12.8. The largest absolute Gasteiger partial charge is 0.487 e. The van der Waals surface area contributed by atoms with Gasteiger partial charge in [-0.3, -0.25) is 9.78 Å². The van der Waals surface area contributed by atoms with Gasteiger partial charge in [-0.25, -0.2) is 0 Å². The topological polar surface area (TPSA) is 69.7 Å². The summed E-state index contributed by atoms with van der Waals surface area (Å²) in [5.74, 6) is 1.86. The monoisotopic (exact) mass is 408 g/mol. The third kappa shape index (κ3) is 3.47. The summed E-state index contributed by atoms with van der Waals surface area (Å²) in [6.45, 7) is 0.562. The Balaban J connectivity index is 1.29. The molecule has 2 aromatic carbocycles. The Morgan fingerprint density at radius 1 is 1.10 bits per heavy atom. The molecule has 146 valence electrons. The molecule has 2 aliphatic heterocycles. The number of hydrogen-bond donors (Lipinski definition) is 1. The van der Waals surface area contributed by atoms with Gasteiger partial charge in [0, 0.05) is 40.5 Å². The zero-order valence-corrected chi connectivity index (χ0v) is 16.1. The van der Waals surface area contributed by atoms with Gasteiger partial charge in [0.05, 0.1) is 6.54 Å². The number of hydrogen-bond acceptors (Lipinski definition) is 5. The van der Waals surface area contributed by atoms with Crippen LogP contribution in [0.15, 0.2) is 54.9 Å². The SMILES string of the molecule is O=C(NCC1Cc2cc(Cl)cc(-c3ccncc3)c2O1)c1ccc2c(c1)OCO2. The first-order valence-corrected chi connectivity index (χ1v) is 9.62. The maximum Gasteiger partial charge on any atom is 0.251 e. The number of carbonyl (C=O) groups excluding carboxylic acids is 1. The number of carbonyl (C=O) groups is 1. The van der Waals surface area contributed by atoms with E-state index in [4.69, 9.17) is 25.8 Å². The second-order valence-corrected chi connectivity index (χ2v) is 7.34. The quantitative estimate of drug-likeness (QED) is 0.709. The van der Waals surface area contributed by atoms with Crippen molar-refractivity contribution < 1.29 is 19.0 Å². The number of amides is 1. The lowest BCUT2D eigenvalue weighted by Crippen LogP contribution is -2.34. The van der Waals surface area contributed by atoms with Gasteiger partial charge in [0.15, 0.2) is 11.5 Å². The second-order valence-electron chi connectivity index (χ2n) is 6.90. The lowest BCUT2D eigenvalue weighted by atomic mass is 10.0. The van der Waals surface area contributed by atoms with E-state index in [2.05, 4.69) is 10.3 Å². The highest BCUT2D eigenvalue weighted by Gasteiger charge is 2.27. The van der Waals surface area contributed by atoms with Crippen LogP contribution in [0.5, 0.6) is 17.2 Å². The van der Waals surface area contributed by atoms with Gasteiger partial charge >= 0.3 is 0 Å². The lowest BCUT2D eigenvalue weighted by Gasteiger charge is -2.14. The molecule has 2 aliphatic rings. The van der Waals surface area contributed by atoms with Crippen LogP contribution < -0.4 is 19.5 Å². The van der Waals surface area contributed by atoms with E-state index in [-0.39, 0.29) is 18.8 Å². The third-order valence-corrected chi connectivity index (χ3v) is 5.20. The van der Waals surface area contributed by atoms with Crippen LogP contribution in [-0.4, -0.2) is 30.3 Å². The summed E-state index contributed by atoms with van der Waals surface area (Å²) in [5.41, 5.74) is 3.47. The fourth-order valence-corrected chi connectivity index (χ4v) is 3.84. The zero-order chi connectivity index (χ0) is 19.8. The van der Waals surface area contributed by atoms with E-state index in [0.717, 1.165) is 22.4 Å². The molecule has 0 radical (unpaired) electrons. The molecule has 0 bridgehead atoms. The number of benzene rings is 2. The first-order chi connectivity index (χ1) is 14.2. The predicted octanol–water partition coefficient (Wildman–Crippen LogP) is 3.86. The highest BCUT2D eigenvalue weighted by atomic mass is 35.5. The van der Waals surface area contributed by atoms with E-state index >= 15 is 0 Å². The first kappa shape index (κ1) is 17.8. The van der Waals surface area contributed by atoms with Gasteiger partial charge in [0.25, 0.3) is 5.91 Å². The van der Waals surface area contributed by atoms with Crippen LogP contribution in [0, 0.1) is 0 Å². The summed E-state index contributed by atoms with van der Waals surface area (Å²) in [5, 5.41) is 3.59. The number of rotatable bonds is 4. The molecule has 1 unspecified atom stereocenters. The molecule has 1 aromatic heterocycles. The molecular weight excluding hydrogens is 392 g/mol. The molecule has 1 amide bonds. The van der Waals surface area contributed by atoms with Crippen LogP contribution in [0.4, 0.5) is 0 Å². The Labute approximate surface area is 172 Å². The highest BCUT2D eigenvalue weighted by molar-refractivity contribution is 6.31. The Morgan fingerprint density at radius 3 is 2.79 bits per heavy atom. The maximum absolute atomic E-state index is 12.5. The van der Waals surface area contributed by atoms with Crippen LogP contribution in [0.2, 0.25) is 5.02 Å². The van der Waals surface area contributed by atoms with E-state index in [1.807, 2.05) is 24.3 Å². The van der Waals surface area contributed by atoms with Crippen molar-refractivity contribution in [1.29, 1.82) is 0 Å². The second kappa shape index (κ2) is 7.29. The van der Waals surface area contributed by atoms with E-state index in [0.29, 0.717) is 35.1 Å². The summed E-state index contributed by atoms with van der Waals surface area (Å²) >= 11 is 6.32. The number of nitrogens with zero attached hydrogens (tertiary/aromatic N) is 1. The van der Waals surface area contributed by atoms with E-state index in [9.17, 15) is 4.79 Å². The smallest absolute Gasteiger partial charge is 0.251 e. The van der Waals surface area contributed by atoms with Crippen molar-refractivity contribution in [3.63, 3.8) is 0 Å². The van der Waals surface area contributed by atoms with Crippen molar-refractivity contribution in [2.75, 3.05) is 13.3 Å². The number of nitrogens with one attached hydrogen (secondary N) is 1. The molecular formula is C22H17ClN2O4. The number of halogens is 1. The molecule has 6 nitrogen and oxygen atoms in total. The normalized spacial score (nSPS) is 16.2. The van der Waals surface area contributed by atoms with Crippen molar-refractivity contribution in [2.24, 2.45) is 0 Å². The molecule has 0 saturated heterocycles. The van der Waals surface area contributed by atoms with Gasteiger partial charge in [-0.1, -0.05) is 11.6 Å². The molecule has 1 atom stereocenters. The Bertz CT molecular complexity index is 1090. The van der Waals surface area contributed by atoms with Gasteiger partial charge in [0.2, 0.25) is 6.79 Å². The van der Waals surface area contributed by atoms with Crippen LogP contribution in [0.3, 0.4) is 0 Å². The average molecular weight is 409 g/mol. The summed E-state index contributed by atoms with van der Waals surface area (Å²) < 4.78 is 16.8. The van der Waals surface area contributed by atoms with Gasteiger partial charge in [-0.15, -0.1) is 0 Å². The van der Waals surface area contributed by atoms with Gasteiger partial charge in [0.1, 0.15) is 11.9 Å². The number of ether oxygens (including phenoxy) is 3. The molecule has 5 rings (SSSR count). The summed E-state index contributed by atoms with van der Waals surface area (Å²) in [4.78, 5) is 16.6. The van der Waals surface area contributed by atoms with Crippen LogP contribution in [0.25, 0.3) is 11.1 Å². The van der Waals surface area contributed by atoms with Gasteiger partial charge in [-0.2, -0.15) is 0 Å². The standard InChI is InChI=1S/C22H17ClN2O4/c23-16-7-15-8-17(29-21(15)18(10-16)13-3-5-24-6-4-13)11-25-22(26)14-1-2-19-20(9-14)28-12-27-19/h1-7,9-10,17H,8,11-12H2,(H,25,26). The number of fused-ring (bicyclic) bond motifs is 2. The fourth-order valence-electron chi connectivity index (χ4n) is 3.60. The minimum atomic E-state index is -0.185. The molecule has 0 saturated carbocycles. The van der Waals surface area contributed by atoms with Gasteiger partial charge < -0.3 is 19.5 Å². The predicted molar refractivity (Wildman–Crippen MR) is 108 cm³/mol. The van der Waals surface area contributed by atoms with Crippen molar-refractivity contribution in [2.45, 2.75) is 12.5 Å². The average Bonchev–Trinajstić information content (AvgIpc) is 3.37. The molecule has 7 heteroatoms. The Kier molecular flexibility index (Phi) is 4.48. The molecule has 0 spiro atoms. The third-order valence-electron chi connectivity index (χ3n) is 4.98. The van der Waals surface area contributed by atoms with Crippen LogP contribution >= 0.6 is 11.6 Å². The minimum Gasteiger partial charge on any atom is -0.487 e. The van der Waals surface area contributed by atoms with Gasteiger partial charge in [-0.05, 0) is 48.0 Å². The van der Waals surface area contributed by atoms with Crippen molar-refractivity contribution in [3.05, 3.63) is 71.0 Å². The van der Waals surface area contributed by atoms with Crippen LogP contribution in [-0.2, 0) is 6.42 Å². The highest BCUT2D eigenvalue weighted by Crippen LogP contribution is 2.41. The first-order valence-electron chi connectivity index (χ1n) is 9.25. The fraction of sp³-hybridized carbons (Fsp3) is 0.182. The molecule has 0 aliphatic carbocycles.